The summed E-state index contributed by atoms with van der Waals surface area (Å²) in [6.07, 6.45) is 1.85. The van der Waals surface area contributed by atoms with Gasteiger partial charge in [-0.25, -0.2) is 9.97 Å². The largest absolute Gasteiger partial charge is 0.254 e. The summed E-state index contributed by atoms with van der Waals surface area (Å²) in [5.41, 5.74) is 10.7. The zero-order valence-corrected chi connectivity index (χ0v) is 28.3. The molecule has 51 heavy (non-hydrogen) atoms. The second-order valence-corrected chi connectivity index (χ2v) is 14.4. The van der Waals surface area contributed by atoms with Crippen molar-refractivity contribution in [1.82, 2.24) is 15.0 Å². The van der Waals surface area contributed by atoms with E-state index in [4.69, 9.17) is 15.0 Å². The Labute approximate surface area is 294 Å². The topological polar surface area (TPSA) is 38.7 Å². The maximum atomic E-state index is 5.22. The molecule has 0 saturated carbocycles. The van der Waals surface area contributed by atoms with Crippen molar-refractivity contribution in [3.05, 3.63) is 163 Å². The van der Waals surface area contributed by atoms with E-state index >= 15 is 0 Å². The number of rotatable bonds is 2. The fraction of sp³-hybridized carbons (Fsp3) is 0.0625. The van der Waals surface area contributed by atoms with Crippen molar-refractivity contribution in [2.24, 2.45) is 0 Å². The van der Waals surface area contributed by atoms with E-state index in [1.807, 2.05) is 12.3 Å². The predicted molar refractivity (Wildman–Crippen MR) is 213 cm³/mol. The smallest absolute Gasteiger partial charge is 0.0979 e. The third kappa shape index (κ3) is 3.97. The zero-order chi connectivity index (χ0) is 33.8. The number of aromatic nitrogens is 3. The van der Waals surface area contributed by atoms with Gasteiger partial charge >= 0.3 is 0 Å². The number of fused-ring (bicyclic) bond motifs is 15. The van der Waals surface area contributed by atoms with Crippen LogP contribution in [0.25, 0.3) is 98.7 Å². The number of hydrogen-bond donors (Lipinski definition) is 0. The minimum absolute atomic E-state index is 0.130. The first kappa shape index (κ1) is 28.4. The van der Waals surface area contributed by atoms with E-state index in [-0.39, 0.29) is 5.41 Å². The minimum atomic E-state index is -0.130. The summed E-state index contributed by atoms with van der Waals surface area (Å²) in [6.45, 7) is 4.72. The molecule has 0 aliphatic heterocycles. The summed E-state index contributed by atoms with van der Waals surface area (Å²) in [5, 5.41) is 12.4. The molecule has 3 heterocycles. The van der Waals surface area contributed by atoms with Crippen LogP contribution in [0.1, 0.15) is 25.0 Å². The summed E-state index contributed by atoms with van der Waals surface area (Å²) in [7, 11) is 0. The van der Waals surface area contributed by atoms with E-state index in [0.29, 0.717) is 0 Å². The van der Waals surface area contributed by atoms with Crippen LogP contribution in [0.3, 0.4) is 0 Å². The molecule has 7 aromatic carbocycles. The summed E-state index contributed by atoms with van der Waals surface area (Å²) < 4.78 is 0. The number of nitrogens with zero attached hydrogens (tertiary/aromatic N) is 3. The number of benzene rings is 7. The van der Waals surface area contributed by atoms with Gasteiger partial charge in [0.25, 0.3) is 0 Å². The van der Waals surface area contributed by atoms with Crippen LogP contribution in [-0.2, 0) is 5.41 Å². The van der Waals surface area contributed by atoms with Crippen molar-refractivity contribution in [1.29, 1.82) is 0 Å². The summed E-state index contributed by atoms with van der Waals surface area (Å²) in [4.78, 5) is 15.2. The molecule has 0 radical (unpaired) electrons. The molecule has 0 saturated heterocycles. The van der Waals surface area contributed by atoms with E-state index in [1.54, 1.807) is 0 Å². The maximum Gasteiger partial charge on any atom is 0.0979 e. The predicted octanol–water partition coefficient (Wildman–Crippen LogP) is 12.4. The summed E-state index contributed by atoms with van der Waals surface area (Å²) in [5.74, 6) is 0. The van der Waals surface area contributed by atoms with E-state index in [0.717, 1.165) is 44.5 Å². The molecular formula is C48H31N3. The molecule has 0 atom stereocenters. The molecule has 0 fully saturated rings. The Morgan fingerprint density at radius 2 is 0.922 bits per heavy atom. The van der Waals surface area contributed by atoms with Crippen molar-refractivity contribution < 1.29 is 0 Å². The molecule has 0 spiro atoms. The van der Waals surface area contributed by atoms with Crippen LogP contribution in [0.15, 0.2) is 152 Å². The first-order chi connectivity index (χ1) is 25.0. The molecule has 3 aromatic heterocycles. The van der Waals surface area contributed by atoms with Gasteiger partial charge in [-0.05, 0) is 114 Å². The Hall–Kier alpha value is -6.45. The van der Waals surface area contributed by atoms with Crippen LogP contribution in [-0.4, -0.2) is 15.0 Å². The quantitative estimate of drug-likeness (QED) is 0.175. The average Bonchev–Trinajstić information content (AvgIpc) is 3.42. The molecule has 0 bridgehead atoms. The van der Waals surface area contributed by atoms with Crippen LogP contribution in [0.4, 0.5) is 0 Å². The van der Waals surface area contributed by atoms with Crippen molar-refractivity contribution in [3.63, 3.8) is 0 Å². The Morgan fingerprint density at radius 3 is 1.63 bits per heavy atom. The summed E-state index contributed by atoms with van der Waals surface area (Å²) >= 11 is 0. The zero-order valence-electron chi connectivity index (χ0n) is 28.3. The maximum absolute atomic E-state index is 5.22. The molecule has 11 rings (SSSR count). The molecule has 3 nitrogen and oxygen atoms in total. The van der Waals surface area contributed by atoms with E-state index in [2.05, 4.69) is 153 Å². The highest BCUT2D eigenvalue weighted by Crippen LogP contribution is 2.52. The fourth-order valence-electron chi connectivity index (χ4n) is 8.81. The lowest BCUT2D eigenvalue weighted by molar-refractivity contribution is 0.661. The SMILES string of the molecule is CC1(C)c2ccc(-c3cccc(-c4ccc5c6ccccc6c6cccnc6c5n4)n3)cc2-c2cc3c4ccccc4c4ccccc4c3cc21. The molecule has 238 valence electrons. The molecule has 0 unspecified atom stereocenters. The van der Waals surface area contributed by atoms with Gasteiger partial charge in [0.1, 0.15) is 0 Å². The highest BCUT2D eigenvalue weighted by atomic mass is 14.8. The monoisotopic (exact) mass is 649 g/mol. The highest BCUT2D eigenvalue weighted by molar-refractivity contribution is 6.26. The number of hydrogen-bond acceptors (Lipinski definition) is 3. The summed E-state index contributed by atoms with van der Waals surface area (Å²) in [6, 6.07) is 52.6. The van der Waals surface area contributed by atoms with Gasteiger partial charge < -0.3 is 0 Å². The van der Waals surface area contributed by atoms with Gasteiger partial charge in [0.05, 0.1) is 28.1 Å². The highest BCUT2D eigenvalue weighted by Gasteiger charge is 2.36. The molecule has 0 N–H and O–H groups in total. The van der Waals surface area contributed by atoms with Gasteiger partial charge in [0.15, 0.2) is 0 Å². The lowest BCUT2D eigenvalue weighted by Gasteiger charge is -2.22. The second kappa shape index (κ2) is 10.3. The number of pyridine rings is 3. The first-order valence-electron chi connectivity index (χ1n) is 17.6. The van der Waals surface area contributed by atoms with E-state index < -0.39 is 0 Å². The van der Waals surface area contributed by atoms with E-state index in [1.165, 1.54) is 65.3 Å². The van der Waals surface area contributed by atoms with Crippen molar-refractivity contribution in [3.8, 4) is 33.8 Å². The van der Waals surface area contributed by atoms with Crippen molar-refractivity contribution in [2.75, 3.05) is 0 Å². The van der Waals surface area contributed by atoms with Gasteiger partial charge in [-0.2, -0.15) is 0 Å². The van der Waals surface area contributed by atoms with Gasteiger partial charge in [-0.3, -0.25) is 4.98 Å². The second-order valence-electron chi connectivity index (χ2n) is 14.4. The molecule has 1 aliphatic rings. The van der Waals surface area contributed by atoms with Gasteiger partial charge in [-0.1, -0.05) is 111 Å². The average molecular weight is 650 g/mol. The first-order valence-corrected chi connectivity index (χ1v) is 17.6. The van der Waals surface area contributed by atoms with Crippen LogP contribution < -0.4 is 0 Å². The molecule has 1 aliphatic carbocycles. The normalized spacial score (nSPS) is 13.5. The van der Waals surface area contributed by atoms with E-state index in [9.17, 15) is 0 Å². The Kier molecular flexibility index (Phi) is 5.73. The Bertz CT molecular complexity index is 3080. The Morgan fingerprint density at radius 1 is 0.373 bits per heavy atom. The van der Waals surface area contributed by atoms with Crippen LogP contribution in [0, 0.1) is 0 Å². The molecular weight excluding hydrogens is 619 g/mol. The van der Waals surface area contributed by atoms with Crippen molar-refractivity contribution in [2.45, 2.75) is 19.3 Å². The Balaban J connectivity index is 1.07. The van der Waals surface area contributed by atoms with Crippen LogP contribution >= 0.6 is 0 Å². The van der Waals surface area contributed by atoms with Crippen LogP contribution in [0.2, 0.25) is 0 Å². The van der Waals surface area contributed by atoms with Crippen LogP contribution in [0.5, 0.6) is 0 Å². The lowest BCUT2D eigenvalue weighted by atomic mass is 9.81. The van der Waals surface area contributed by atoms with Gasteiger partial charge in [-0.15, -0.1) is 0 Å². The molecule has 0 amide bonds. The van der Waals surface area contributed by atoms with Gasteiger partial charge in [0.2, 0.25) is 0 Å². The fourth-order valence-corrected chi connectivity index (χ4v) is 8.81. The standard InChI is InChI=1S/C48H31N3/c1-48(2)41-22-20-28(25-39(41)40-26-37-33-15-7-3-11-29(33)30-12-4-8-16-34(30)38(37)27-42(40)48)43-18-9-19-44(50-43)45-23-21-36-32-14-6-5-13-31(32)35-17-10-24-49-46(35)47(36)51-45/h3-27H,1-2H3. The van der Waals surface area contributed by atoms with Gasteiger partial charge in [0, 0.05) is 27.9 Å². The lowest BCUT2D eigenvalue weighted by Crippen LogP contribution is -2.14. The minimum Gasteiger partial charge on any atom is -0.254 e. The third-order valence-corrected chi connectivity index (χ3v) is 11.3. The van der Waals surface area contributed by atoms with Crippen molar-refractivity contribution >= 4 is 64.9 Å². The third-order valence-electron chi connectivity index (χ3n) is 11.3. The molecule has 10 aromatic rings. The molecule has 3 heteroatoms.